The molecular formula is C13H16N4O3S. The Bertz CT molecular complexity index is 705. The smallest absolute Gasteiger partial charge is 0.243 e. The van der Waals surface area contributed by atoms with E-state index in [0.29, 0.717) is 0 Å². The fourth-order valence-corrected chi connectivity index (χ4v) is 3.08. The van der Waals surface area contributed by atoms with Gasteiger partial charge >= 0.3 is 0 Å². The van der Waals surface area contributed by atoms with Crippen molar-refractivity contribution in [2.75, 3.05) is 5.73 Å². The molecule has 21 heavy (non-hydrogen) atoms. The van der Waals surface area contributed by atoms with Crippen LogP contribution < -0.4 is 15.8 Å². The van der Waals surface area contributed by atoms with E-state index < -0.39 is 16.1 Å². The number of carbonyl (C=O) groups excluding carboxylic acids is 1. The Balaban J connectivity index is 2.14. The number of nitrogens with zero attached hydrogens (tertiary/aromatic N) is 1. The Morgan fingerprint density at radius 3 is 2.67 bits per heavy atom. The van der Waals surface area contributed by atoms with Crippen molar-refractivity contribution < 1.29 is 13.2 Å². The fourth-order valence-electron chi connectivity index (χ4n) is 1.77. The van der Waals surface area contributed by atoms with Crippen LogP contribution in [0.15, 0.2) is 23.1 Å². The molecule has 0 saturated heterocycles. The Kier molecular flexibility index (Phi) is 4.16. The van der Waals surface area contributed by atoms with Gasteiger partial charge in [0.25, 0.3) is 0 Å². The van der Waals surface area contributed by atoms with Crippen LogP contribution in [-0.2, 0) is 14.8 Å². The third kappa shape index (κ3) is 3.71. The Morgan fingerprint density at radius 2 is 2.14 bits per heavy atom. The zero-order valence-electron chi connectivity index (χ0n) is 11.5. The number of amides is 1. The first-order valence-corrected chi connectivity index (χ1v) is 7.94. The number of rotatable bonds is 5. The highest BCUT2D eigenvalue weighted by molar-refractivity contribution is 7.89. The average molecular weight is 308 g/mol. The Hall–Kier alpha value is -2.11. The number of nitrogens with one attached hydrogen (secondary N) is 2. The highest BCUT2D eigenvalue weighted by atomic mass is 32.2. The number of nitrogens with two attached hydrogens (primary N) is 1. The topological polar surface area (TPSA) is 125 Å². The zero-order valence-corrected chi connectivity index (χ0v) is 12.3. The molecule has 2 rings (SSSR count). The molecule has 1 aromatic carbocycles. The number of hydrogen-bond donors (Lipinski definition) is 3. The molecule has 1 saturated carbocycles. The van der Waals surface area contributed by atoms with Gasteiger partial charge in [-0.05, 0) is 38.0 Å². The van der Waals surface area contributed by atoms with Gasteiger partial charge in [-0.3, -0.25) is 4.79 Å². The minimum Gasteiger partial charge on any atom is -0.398 e. The molecule has 0 radical (unpaired) electrons. The number of anilines is 1. The van der Waals surface area contributed by atoms with Crippen LogP contribution in [0, 0.1) is 11.3 Å². The summed E-state index contributed by atoms with van der Waals surface area (Å²) in [6.45, 7) is 1.47. The van der Waals surface area contributed by atoms with Gasteiger partial charge in [-0.1, -0.05) is 0 Å². The number of sulfonamides is 1. The van der Waals surface area contributed by atoms with Crippen LogP contribution in [-0.4, -0.2) is 26.4 Å². The molecular weight excluding hydrogens is 292 g/mol. The second-order valence-corrected chi connectivity index (χ2v) is 6.67. The molecule has 7 nitrogen and oxygen atoms in total. The molecule has 0 heterocycles. The normalized spacial score (nSPS) is 16.0. The van der Waals surface area contributed by atoms with E-state index in [0.717, 1.165) is 12.8 Å². The average Bonchev–Trinajstić information content (AvgIpc) is 3.21. The lowest BCUT2D eigenvalue weighted by Crippen LogP contribution is -2.45. The summed E-state index contributed by atoms with van der Waals surface area (Å²) >= 11 is 0. The molecule has 4 N–H and O–H groups in total. The van der Waals surface area contributed by atoms with Gasteiger partial charge < -0.3 is 11.1 Å². The molecule has 1 aliphatic carbocycles. The van der Waals surface area contributed by atoms with E-state index in [-0.39, 0.29) is 28.1 Å². The summed E-state index contributed by atoms with van der Waals surface area (Å²) in [4.78, 5) is 11.6. The maximum Gasteiger partial charge on any atom is 0.243 e. The number of benzene rings is 1. The lowest BCUT2D eigenvalue weighted by atomic mass is 10.2. The first kappa shape index (κ1) is 15.3. The largest absolute Gasteiger partial charge is 0.398 e. The van der Waals surface area contributed by atoms with Gasteiger partial charge in [0.2, 0.25) is 15.9 Å². The van der Waals surface area contributed by atoms with Crippen molar-refractivity contribution in [3.63, 3.8) is 0 Å². The van der Waals surface area contributed by atoms with Crippen LogP contribution >= 0.6 is 0 Å². The standard InChI is InChI=1S/C13H16N4O3S/c1-8(13(18)16-10-3-4-10)17-21(19,20)12-5-2-9(7-14)6-11(12)15/h2,5-6,8,10,17H,3-4,15H2,1H3,(H,16,18). The van der Waals surface area contributed by atoms with Crippen molar-refractivity contribution in [3.05, 3.63) is 23.8 Å². The molecule has 1 amide bonds. The number of hydrogen-bond acceptors (Lipinski definition) is 5. The van der Waals surface area contributed by atoms with E-state index in [2.05, 4.69) is 10.0 Å². The van der Waals surface area contributed by atoms with Crippen LogP contribution in [0.1, 0.15) is 25.3 Å². The minimum atomic E-state index is -3.92. The third-order valence-corrected chi connectivity index (χ3v) is 4.69. The molecule has 1 fully saturated rings. The van der Waals surface area contributed by atoms with Crippen molar-refractivity contribution in [2.24, 2.45) is 0 Å². The third-order valence-electron chi connectivity index (χ3n) is 3.08. The molecule has 1 aromatic rings. The lowest BCUT2D eigenvalue weighted by molar-refractivity contribution is -0.122. The number of nitriles is 1. The number of carbonyl (C=O) groups is 1. The van der Waals surface area contributed by atoms with E-state index in [1.807, 2.05) is 6.07 Å². The lowest BCUT2D eigenvalue weighted by Gasteiger charge is -2.15. The van der Waals surface area contributed by atoms with Crippen LogP contribution in [0.25, 0.3) is 0 Å². The first-order valence-electron chi connectivity index (χ1n) is 6.46. The highest BCUT2D eigenvalue weighted by Gasteiger charge is 2.28. The quantitative estimate of drug-likeness (QED) is 0.665. The van der Waals surface area contributed by atoms with Crippen molar-refractivity contribution >= 4 is 21.6 Å². The minimum absolute atomic E-state index is 0.0312. The van der Waals surface area contributed by atoms with Gasteiger partial charge in [-0.15, -0.1) is 0 Å². The van der Waals surface area contributed by atoms with Gasteiger partial charge in [0.1, 0.15) is 4.90 Å². The fraction of sp³-hybridized carbons (Fsp3) is 0.385. The summed E-state index contributed by atoms with van der Waals surface area (Å²) in [6, 6.07) is 5.03. The van der Waals surface area contributed by atoms with Gasteiger partial charge in [0.15, 0.2) is 0 Å². The molecule has 1 unspecified atom stereocenters. The SMILES string of the molecule is CC(NS(=O)(=O)c1ccc(C#N)cc1N)C(=O)NC1CC1. The van der Waals surface area contributed by atoms with E-state index in [4.69, 9.17) is 11.0 Å². The van der Waals surface area contributed by atoms with Gasteiger partial charge in [-0.2, -0.15) is 9.98 Å². The molecule has 0 bridgehead atoms. The summed E-state index contributed by atoms with van der Waals surface area (Å²) < 4.78 is 26.7. The maximum absolute atomic E-state index is 12.2. The maximum atomic E-state index is 12.2. The first-order chi connectivity index (χ1) is 9.83. The van der Waals surface area contributed by atoms with Crippen molar-refractivity contribution in [1.82, 2.24) is 10.0 Å². The predicted molar refractivity (Wildman–Crippen MR) is 76.5 cm³/mol. The molecule has 8 heteroatoms. The van der Waals surface area contributed by atoms with Crippen molar-refractivity contribution in [2.45, 2.75) is 36.7 Å². The second kappa shape index (κ2) is 5.71. The Labute approximate surface area is 123 Å². The molecule has 0 spiro atoms. The summed E-state index contributed by atoms with van der Waals surface area (Å²) in [7, 11) is -3.92. The van der Waals surface area contributed by atoms with Crippen LogP contribution in [0.4, 0.5) is 5.69 Å². The van der Waals surface area contributed by atoms with Crippen LogP contribution in [0.3, 0.4) is 0 Å². The summed E-state index contributed by atoms with van der Waals surface area (Å²) in [5, 5.41) is 11.5. The monoisotopic (exact) mass is 308 g/mol. The Morgan fingerprint density at radius 1 is 1.48 bits per heavy atom. The molecule has 1 aliphatic rings. The van der Waals surface area contributed by atoms with Gasteiger partial charge in [0.05, 0.1) is 23.4 Å². The summed E-state index contributed by atoms with van der Waals surface area (Å²) in [5.74, 6) is -0.367. The highest BCUT2D eigenvalue weighted by Crippen LogP contribution is 2.21. The predicted octanol–water partition coefficient (Wildman–Crippen LogP) is 0.0859. The van der Waals surface area contributed by atoms with E-state index in [1.165, 1.54) is 25.1 Å². The number of nitrogen functional groups attached to an aromatic ring is 1. The second-order valence-electron chi connectivity index (χ2n) is 4.99. The van der Waals surface area contributed by atoms with E-state index in [1.54, 1.807) is 0 Å². The molecule has 0 aliphatic heterocycles. The summed E-state index contributed by atoms with van der Waals surface area (Å²) in [5.41, 5.74) is 5.89. The van der Waals surface area contributed by atoms with Gasteiger partial charge in [-0.25, -0.2) is 8.42 Å². The molecule has 112 valence electrons. The van der Waals surface area contributed by atoms with Crippen molar-refractivity contribution in [3.8, 4) is 6.07 Å². The van der Waals surface area contributed by atoms with Crippen LogP contribution in [0.5, 0.6) is 0 Å². The molecule has 0 aromatic heterocycles. The summed E-state index contributed by atoms with van der Waals surface area (Å²) in [6.07, 6.45) is 1.85. The van der Waals surface area contributed by atoms with E-state index >= 15 is 0 Å². The zero-order chi connectivity index (χ0) is 15.6. The van der Waals surface area contributed by atoms with Gasteiger partial charge in [0, 0.05) is 6.04 Å². The van der Waals surface area contributed by atoms with Crippen molar-refractivity contribution in [1.29, 1.82) is 5.26 Å². The van der Waals surface area contributed by atoms with E-state index in [9.17, 15) is 13.2 Å². The van der Waals surface area contributed by atoms with Crippen LogP contribution in [0.2, 0.25) is 0 Å². The molecule has 1 atom stereocenters.